The van der Waals surface area contributed by atoms with Crippen molar-refractivity contribution < 1.29 is 9.59 Å². The van der Waals surface area contributed by atoms with Crippen LogP contribution in [0.15, 0.2) is 24.3 Å². The first-order valence-corrected chi connectivity index (χ1v) is 7.99. The Kier molecular flexibility index (Phi) is 7.52. The number of nitrogens with zero attached hydrogens (tertiary/aromatic N) is 1. The van der Waals surface area contributed by atoms with Gasteiger partial charge in [0.05, 0.1) is 0 Å². The minimum Gasteiger partial charge on any atom is -0.334 e. The minimum atomic E-state index is -0.0592. The number of piperidine rings is 1. The molecule has 3 N–H and O–H groups in total. The van der Waals surface area contributed by atoms with Crippen LogP contribution in [-0.2, 0) is 4.79 Å². The van der Waals surface area contributed by atoms with Gasteiger partial charge in [-0.15, -0.1) is 12.4 Å². The molecule has 2 atom stereocenters. The Bertz CT molecular complexity index is 548. The molecule has 2 rings (SSSR count). The van der Waals surface area contributed by atoms with E-state index in [1.807, 2.05) is 11.8 Å². The van der Waals surface area contributed by atoms with E-state index >= 15 is 0 Å². The van der Waals surface area contributed by atoms with E-state index in [0.29, 0.717) is 17.7 Å². The fraction of sp³-hybridized carbons (Fsp3) is 0.529. The van der Waals surface area contributed by atoms with Gasteiger partial charge in [0.25, 0.3) is 5.91 Å². The van der Waals surface area contributed by atoms with Crippen molar-refractivity contribution in [1.29, 1.82) is 0 Å². The number of hydrogen-bond acceptors (Lipinski definition) is 3. The van der Waals surface area contributed by atoms with Gasteiger partial charge in [-0.3, -0.25) is 9.59 Å². The van der Waals surface area contributed by atoms with Crippen molar-refractivity contribution in [3.8, 4) is 0 Å². The standard InChI is InChI=1S/C17H25N3O2.ClH/c1-3-16(21)19-14-8-6-7-13(11-14)17(22)20-10-5-4-9-15(20)12(2)18;/h6-8,11-12,15H,3-5,9-10,18H2,1-2H3,(H,19,21);1H. The maximum absolute atomic E-state index is 12.8. The van der Waals surface area contributed by atoms with Crippen LogP contribution < -0.4 is 11.1 Å². The summed E-state index contributed by atoms with van der Waals surface area (Å²) in [4.78, 5) is 26.1. The molecule has 0 aliphatic carbocycles. The first-order valence-electron chi connectivity index (χ1n) is 7.99. The summed E-state index contributed by atoms with van der Waals surface area (Å²) in [6.45, 7) is 4.50. The molecule has 1 heterocycles. The summed E-state index contributed by atoms with van der Waals surface area (Å²) in [5.74, 6) is -0.0642. The second-order valence-electron chi connectivity index (χ2n) is 5.90. The number of rotatable bonds is 4. The molecule has 1 aromatic carbocycles. The number of nitrogens with one attached hydrogen (secondary N) is 1. The molecule has 6 heteroatoms. The molecule has 1 aliphatic rings. The van der Waals surface area contributed by atoms with E-state index in [-0.39, 0.29) is 36.3 Å². The molecular formula is C17H26ClN3O2. The molecule has 2 unspecified atom stereocenters. The average Bonchev–Trinajstić information content (AvgIpc) is 2.54. The van der Waals surface area contributed by atoms with E-state index in [4.69, 9.17) is 5.73 Å². The highest BCUT2D eigenvalue weighted by Gasteiger charge is 2.29. The summed E-state index contributed by atoms with van der Waals surface area (Å²) in [5.41, 5.74) is 7.29. The second-order valence-corrected chi connectivity index (χ2v) is 5.90. The number of likely N-dealkylation sites (tertiary alicyclic amines) is 1. The monoisotopic (exact) mass is 339 g/mol. The Morgan fingerprint density at radius 1 is 1.39 bits per heavy atom. The number of carbonyl (C=O) groups is 2. The molecule has 1 saturated heterocycles. The molecule has 1 fully saturated rings. The van der Waals surface area contributed by atoms with Gasteiger partial charge in [-0.05, 0) is 44.4 Å². The Morgan fingerprint density at radius 3 is 2.78 bits per heavy atom. The molecule has 1 aromatic rings. The number of nitrogens with two attached hydrogens (primary N) is 1. The van der Waals surface area contributed by atoms with Gasteiger partial charge in [-0.2, -0.15) is 0 Å². The third-order valence-corrected chi connectivity index (χ3v) is 4.13. The van der Waals surface area contributed by atoms with Gasteiger partial charge in [-0.25, -0.2) is 0 Å². The van der Waals surface area contributed by atoms with Crippen molar-refractivity contribution in [2.45, 2.75) is 51.6 Å². The van der Waals surface area contributed by atoms with E-state index in [1.54, 1.807) is 31.2 Å². The van der Waals surface area contributed by atoms with E-state index in [0.717, 1.165) is 25.8 Å². The van der Waals surface area contributed by atoms with Crippen LogP contribution in [0.25, 0.3) is 0 Å². The maximum Gasteiger partial charge on any atom is 0.254 e. The number of hydrogen-bond donors (Lipinski definition) is 2. The third-order valence-electron chi connectivity index (χ3n) is 4.13. The lowest BCUT2D eigenvalue weighted by Gasteiger charge is -2.38. The fourth-order valence-corrected chi connectivity index (χ4v) is 2.90. The van der Waals surface area contributed by atoms with Crippen LogP contribution in [0, 0.1) is 0 Å². The minimum absolute atomic E-state index is 0. The van der Waals surface area contributed by atoms with Crippen LogP contribution in [0.4, 0.5) is 5.69 Å². The fourth-order valence-electron chi connectivity index (χ4n) is 2.90. The normalized spacial score (nSPS) is 18.7. The molecule has 0 saturated carbocycles. The first-order chi connectivity index (χ1) is 10.5. The highest BCUT2D eigenvalue weighted by Crippen LogP contribution is 2.22. The van der Waals surface area contributed by atoms with Crippen LogP contribution in [0.5, 0.6) is 0 Å². The molecular weight excluding hydrogens is 314 g/mol. The largest absolute Gasteiger partial charge is 0.334 e. The van der Waals surface area contributed by atoms with Crippen molar-refractivity contribution in [3.63, 3.8) is 0 Å². The Morgan fingerprint density at radius 2 is 2.13 bits per heavy atom. The van der Waals surface area contributed by atoms with Crippen molar-refractivity contribution in [2.24, 2.45) is 5.73 Å². The van der Waals surface area contributed by atoms with E-state index in [2.05, 4.69) is 5.32 Å². The quantitative estimate of drug-likeness (QED) is 0.885. The van der Waals surface area contributed by atoms with Gasteiger partial charge >= 0.3 is 0 Å². The number of carbonyl (C=O) groups excluding carboxylic acids is 2. The van der Waals surface area contributed by atoms with E-state index in [1.165, 1.54) is 0 Å². The molecule has 0 spiro atoms. The van der Waals surface area contributed by atoms with Gasteiger partial charge in [-0.1, -0.05) is 13.0 Å². The van der Waals surface area contributed by atoms with Gasteiger partial charge < -0.3 is 16.0 Å². The Hall–Kier alpha value is -1.59. The van der Waals surface area contributed by atoms with Crippen molar-refractivity contribution >= 4 is 29.9 Å². The Balaban J connectivity index is 0.00000264. The van der Waals surface area contributed by atoms with Gasteiger partial charge in [0.1, 0.15) is 0 Å². The van der Waals surface area contributed by atoms with Crippen LogP contribution in [-0.4, -0.2) is 35.3 Å². The Labute approximate surface area is 144 Å². The lowest BCUT2D eigenvalue weighted by atomic mass is 9.96. The topological polar surface area (TPSA) is 75.4 Å². The smallest absolute Gasteiger partial charge is 0.254 e. The third kappa shape index (κ3) is 4.94. The summed E-state index contributed by atoms with van der Waals surface area (Å²) in [6.07, 6.45) is 3.50. The molecule has 2 amide bonds. The van der Waals surface area contributed by atoms with Gasteiger partial charge in [0.15, 0.2) is 0 Å². The molecule has 128 valence electrons. The van der Waals surface area contributed by atoms with E-state index < -0.39 is 0 Å². The highest BCUT2D eigenvalue weighted by atomic mass is 35.5. The van der Waals surface area contributed by atoms with Crippen LogP contribution in [0.1, 0.15) is 49.9 Å². The second kappa shape index (κ2) is 8.89. The highest BCUT2D eigenvalue weighted by molar-refractivity contribution is 5.97. The SMILES string of the molecule is CCC(=O)Nc1cccc(C(=O)N2CCCCC2C(C)N)c1.Cl. The lowest BCUT2D eigenvalue weighted by Crippen LogP contribution is -2.51. The predicted octanol–water partition coefficient (Wildman–Crippen LogP) is 2.80. The average molecular weight is 340 g/mol. The van der Waals surface area contributed by atoms with Gasteiger partial charge in [0.2, 0.25) is 5.91 Å². The molecule has 23 heavy (non-hydrogen) atoms. The summed E-state index contributed by atoms with van der Waals surface area (Å²) in [6, 6.07) is 7.18. The number of halogens is 1. The number of anilines is 1. The molecule has 0 radical (unpaired) electrons. The van der Waals surface area contributed by atoms with E-state index in [9.17, 15) is 9.59 Å². The summed E-state index contributed by atoms with van der Waals surface area (Å²) in [5, 5.41) is 2.79. The molecule has 5 nitrogen and oxygen atoms in total. The van der Waals surface area contributed by atoms with Crippen LogP contribution in [0.3, 0.4) is 0 Å². The zero-order valence-electron chi connectivity index (χ0n) is 13.7. The summed E-state index contributed by atoms with van der Waals surface area (Å²) >= 11 is 0. The summed E-state index contributed by atoms with van der Waals surface area (Å²) in [7, 11) is 0. The molecule has 1 aliphatic heterocycles. The van der Waals surface area contributed by atoms with Crippen molar-refractivity contribution in [1.82, 2.24) is 4.90 Å². The van der Waals surface area contributed by atoms with Crippen LogP contribution >= 0.6 is 12.4 Å². The number of amides is 2. The molecule has 0 aromatic heterocycles. The first kappa shape index (κ1) is 19.5. The zero-order chi connectivity index (χ0) is 16.1. The maximum atomic E-state index is 12.8. The molecule has 0 bridgehead atoms. The predicted molar refractivity (Wildman–Crippen MR) is 94.9 cm³/mol. The van der Waals surface area contributed by atoms with Crippen molar-refractivity contribution in [2.75, 3.05) is 11.9 Å². The van der Waals surface area contributed by atoms with Gasteiger partial charge in [0, 0.05) is 36.3 Å². The number of benzene rings is 1. The zero-order valence-corrected chi connectivity index (χ0v) is 14.6. The van der Waals surface area contributed by atoms with Crippen molar-refractivity contribution in [3.05, 3.63) is 29.8 Å². The van der Waals surface area contributed by atoms with Crippen LogP contribution in [0.2, 0.25) is 0 Å². The lowest BCUT2D eigenvalue weighted by molar-refractivity contribution is -0.115. The summed E-state index contributed by atoms with van der Waals surface area (Å²) < 4.78 is 0.